The number of halogens is 5. The van der Waals surface area contributed by atoms with E-state index in [9.17, 15) is 18.0 Å². The highest BCUT2D eigenvalue weighted by molar-refractivity contribution is 6.35. The summed E-state index contributed by atoms with van der Waals surface area (Å²) in [6, 6.07) is 8.67. The molecule has 0 aliphatic heterocycles. The first-order valence-electron chi connectivity index (χ1n) is 6.10. The molecular weight excluding hydrogens is 338 g/mol. The molecule has 0 aromatic heterocycles. The van der Waals surface area contributed by atoms with E-state index in [0.29, 0.717) is 15.7 Å². The normalized spacial score (nSPS) is 11.4. The highest BCUT2D eigenvalue weighted by Crippen LogP contribution is 2.30. The van der Waals surface area contributed by atoms with Crippen molar-refractivity contribution in [3.63, 3.8) is 0 Å². The highest BCUT2D eigenvalue weighted by Gasteiger charge is 2.30. The zero-order chi connectivity index (χ0) is 16.5. The molecule has 0 bridgehead atoms. The van der Waals surface area contributed by atoms with Gasteiger partial charge in [-0.25, -0.2) is 0 Å². The third-order valence-electron chi connectivity index (χ3n) is 3.00. The van der Waals surface area contributed by atoms with Gasteiger partial charge in [0, 0.05) is 28.3 Å². The zero-order valence-corrected chi connectivity index (χ0v) is 12.8. The Kier molecular flexibility index (Phi) is 4.68. The Bertz CT molecular complexity index is 679. The lowest BCUT2D eigenvalue weighted by molar-refractivity contribution is -0.137. The number of alkyl halides is 3. The van der Waals surface area contributed by atoms with Crippen LogP contribution in [0.2, 0.25) is 10.0 Å². The summed E-state index contributed by atoms with van der Waals surface area (Å²) in [5.74, 6) is -0.427. The number of carbonyl (C=O) groups excluding carboxylic acids is 1. The maximum absolute atomic E-state index is 12.5. The van der Waals surface area contributed by atoms with Crippen LogP contribution in [0.15, 0.2) is 42.5 Å². The Hall–Kier alpha value is -1.72. The lowest BCUT2D eigenvalue weighted by Gasteiger charge is -2.18. The molecule has 0 heterocycles. The second-order valence-electron chi connectivity index (χ2n) is 4.57. The van der Waals surface area contributed by atoms with Gasteiger partial charge in [0.2, 0.25) is 0 Å². The summed E-state index contributed by atoms with van der Waals surface area (Å²) in [6.45, 7) is 0. The molecule has 0 fully saturated rings. The third kappa shape index (κ3) is 3.72. The maximum atomic E-state index is 12.5. The zero-order valence-electron chi connectivity index (χ0n) is 11.3. The fraction of sp³-hybridized carbons (Fsp3) is 0.133. The molecule has 116 valence electrons. The van der Waals surface area contributed by atoms with E-state index in [1.54, 1.807) is 0 Å². The standard InChI is InChI=1S/C15H10Cl2F3NO/c1-21(13-4-2-10(3-5-13)15(18,19)20)14(22)9-6-11(16)8-12(17)7-9/h2-8H,1H3. The largest absolute Gasteiger partial charge is 0.416 e. The van der Waals surface area contributed by atoms with Crippen LogP contribution in [-0.4, -0.2) is 13.0 Å². The molecule has 0 unspecified atom stereocenters. The summed E-state index contributed by atoms with van der Waals surface area (Å²) in [4.78, 5) is 13.5. The first-order chi connectivity index (χ1) is 10.2. The first-order valence-corrected chi connectivity index (χ1v) is 6.85. The van der Waals surface area contributed by atoms with E-state index in [0.717, 1.165) is 12.1 Å². The van der Waals surface area contributed by atoms with Crippen LogP contribution in [0, 0.1) is 0 Å². The number of carbonyl (C=O) groups is 1. The van der Waals surface area contributed by atoms with Crippen molar-refractivity contribution in [1.29, 1.82) is 0 Å². The number of hydrogen-bond donors (Lipinski definition) is 0. The smallest absolute Gasteiger partial charge is 0.311 e. The van der Waals surface area contributed by atoms with Gasteiger partial charge in [-0.15, -0.1) is 0 Å². The molecule has 22 heavy (non-hydrogen) atoms. The van der Waals surface area contributed by atoms with Crippen molar-refractivity contribution in [3.05, 3.63) is 63.6 Å². The van der Waals surface area contributed by atoms with Gasteiger partial charge in [-0.3, -0.25) is 4.79 Å². The number of rotatable bonds is 2. The minimum absolute atomic E-state index is 0.250. The molecule has 2 aromatic carbocycles. The minimum atomic E-state index is -4.42. The van der Waals surface area contributed by atoms with Gasteiger partial charge in [-0.1, -0.05) is 23.2 Å². The summed E-state index contributed by atoms with van der Waals surface area (Å²) in [5, 5.41) is 0.605. The fourth-order valence-electron chi connectivity index (χ4n) is 1.86. The molecule has 2 aromatic rings. The molecular formula is C15H10Cl2F3NO. The number of amides is 1. The van der Waals surface area contributed by atoms with Crippen molar-refractivity contribution >= 4 is 34.8 Å². The van der Waals surface area contributed by atoms with Crippen LogP contribution in [0.5, 0.6) is 0 Å². The quantitative estimate of drug-likeness (QED) is 0.722. The Morgan fingerprint density at radius 2 is 1.50 bits per heavy atom. The number of nitrogens with zero attached hydrogens (tertiary/aromatic N) is 1. The van der Waals surface area contributed by atoms with Crippen LogP contribution in [0.25, 0.3) is 0 Å². The molecule has 0 aliphatic carbocycles. The van der Waals surface area contributed by atoms with E-state index >= 15 is 0 Å². The molecule has 2 rings (SSSR count). The molecule has 0 aliphatic rings. The van der Waals surface area contributed by atoms with Crippen LogP contribution >= 0.6 is 23.2 Å². The molecule has 0 radical (unpaired) electrons. The summed E-state index contributed by atoms with van der Waals surface area (Å²) < 4.78 is 37.6. The molecule has 0 atom stereocenters. The Morgan fingerprint density at radius 1 is 1.00 bits per heavy atom. The van der Waals surface area contributed by atoms with E-state index in [1.807, 2.05) is 0 Å². The molecule has 0 saturated heterocycles. The van der Waals surface area contributed by atoms with E-state index in [2.05, 4.69) is 0 Å². The lowest BCUT2D eigenvalue weighted by Crippen LogP contribution is -2.26. The Labute approximate surface area is 135 Å². The third-order valence-corrected chi connectivity index (χ3v) is 3.43. The fourth-order valence-corrected chi connectivity index (χ4v) is 2.39. The van der Waals surface area contributed by atoms with Crippen LogP contribution in [-0.2, 0) is 6.18 Å². The van der Waals surface area contributed by atoms with Gasteiger partial charge in [0.05, 0.1) is 5.56 Å². The number of anilines is 1. The SMILES string of the molecule is CN(C(=O)c1cc(Cl)cc(Cl)c1)c1ccc(C(F)(F)F)cc1. The Balaban J connectivity index is 2.27. The van der Waals surface area contributed by atoms with Gasteiger partial charge >= 0.3 is 6.18 Å². The van der Waals surface area contributed by atoms with Crippen molar-refractivity contribution in [1.82, 2.24) is 0 Å². The second kappa shape index (κ2) is 6.18. The summed E-state index contributed by atoms with van der Waals surface area (Å²) in [5.41, 5.74) is -0.197. The van der Waals surface area contributed by atoms with Gasteiger partial charge < -0.3 is 4.90 Å². The lowest BCUT2D eigenvalue weighted by atomic mass is 10.1. The second-order valence-corrected chi connectivity index (χ2v) is 5.44. The van der Waals surface area contributed by atoms with Gasteiger partial charge in [-0.2, -0.15) is 13.2 Å². The average Bonchev–Trinajstić information content (AvgIpc) is 2.44. The molecule has 0 N–H and O–H groups in total. The van der Waals surface area contributed by atoms with Crippen LogP contribution < -0.4 is 4.90 Å². The van der Waals surface area contributed by atoms with Crippen LogP contribution in [0.4, 0.5) is 18.9 Å². The predicted molar refractivity (Wildman–Crippen MR) is 80.6 cm³/mol. The maximum Gasteiger partial charge on any atom is 0.416 e. The van der Waals surface area contributed by atoms with Gasteiger partial charge in [-0.05, 0) is 42.5 Å². The number of benzene rings is 2. The van der Waals surface area contributed by atoms with E-state index < -0.39 is 17.6 Å². The van der Waals surface area contributed by atoms with E-state index in [1.165, 1.54) is 42.3 Å². The molecule has 1 amide bonds. The Morgan fingerprint density at radius 3 is 1.95 bits per heavy atom. The molecule has 0 saturated carbocycles. The summed E-state index contributed by atoms with van der Waals surface area (Å²) in [6.07, 6.45) is -4.42. The van der Waals surface area contributed by atoms with Gasteiger partial charge in [0.25, 0.3) is 5.91 Å². The highest BCUT2D eigenvalue weighted by atomic mass is 35.5. The van der Waals surface area contributed by atoms with Gasteiger partial charge in [0.1, 0.15) is 0 Å². The average molecular weight is 348 g/mol. The van der Waals surface area contributed by atoms with E-state index in [-0.39, 0.29) is 5.56 Å². The van der Waals surface area contributed by atoms with Crippen LogP contribution in [0.3, 0.4) is 0 Å². The van der Waals surface area contributed by atoms with Crippen LogP contribution in [0.1, 0.15) is 15.9 Å². The van der Waals surface area contributed by atoms with E-state index in [4.69, 9.17) is 23.2 Å². The van der Waals surface area contributed by atoms with Crippen molar-refractivity contribution in [2.75, 3.05) is 11.9 Å². The molecule has 0 spiro atoms. The van der Waals surface area contributed by atoms with Gasteiger partial charge in [0.15, 0.2) is 0 Å². The molecule has 2 nitrogen and oxygen atoms in total. The minimum Gasteiger partial charge on any atom is -0.311 e. The monoisotopic (exact) mass is 347 g/mol. The topological polar surface area (TPSA) is 20.3 Å². The van der Waals surface area contributed by atoms with Crippen molar-refractivity contribution in [2.24, 2.45) is 0 Å². The number of hydrogen-bond acceptors (Lipinski definition) is 1. The summed E-state index contributed by atoms with van der Waals surface area (Å²) >= 11 is 11.7. The van der Waals surface area contributed by atoms with Crippen molar-refractivity contribution < 1.29 is 18.0 Å². The van der Waals surface area contributed by atoms with Crippen molar-refractivity contribution in [2.45, 2.75) is 6.18 Å². The van der Waals surface area contributed by atoms with Crippen molar-refractivity contribution in [3.8, 4) is 0 Å². The predicted octanol–water partition coefficient (Wildman–Crippen LogP) is 5.29. The summed E-state index contributed by atoms with van der Waals surface area (Å²) in [7, 11) is 1.46. The molecule has 7 heteroatoms. The first kappa shape index (κ1) is 16.6.